The molecule has 1 heterocycles. The van der Waals surface area contributed by atoms with E-state index in [1.807, 2.05) is 0 Å². The summed E-state index contributed by atoms with van der Waals surface area (Å²) < 4.78 is 52.3. The van der Waals surface area contributed by atoms with Crippen molar-refractivity contribution < 1.29 is 27.4 Å². The Morgan fingerprint density at radius 3 is 2.21 bits per heavy atom. The van der Waals surface area contributed by atoms with E-state index in [9.17, 15) is 13.2 Å². The number of ether oxygens (including phenoxy) is 3. The molecule has 1 saturated heterocycles. The Morgan fingerprint density at radius 2 is 1.54 bits per heavy atom. The summed E-state index contributed by atoms with van der Waals surface area (Å²) in [5.41, 5.74) is -4.10. The summed E-state index contributed by atoms with van der Waals surface area (Å²) >= 11 is 0.0502. The van der Waals surface area contributed by atoms with Crippen LogP contribution < -0.4 is 0 Å². The zero-order chi connectivity index (χ0) is 17.5. The summed E-state index contributed by atoms with van der Waals surface area (Å²) in [7, 11) is 0. The Kier molecular flexibility index (Phi) is 13.1. The molecule has 144 valence electrons. The topological polar surface area (TPSA) is 27.7 Å². The van der Waals surface area contributed by atoms with Crippen LogP contribution in [0.1, 0.15) is 64.2 Å². The Morgan fingerprint density at radius 1 is 0.875 bits per heavy atom. The van der Waals surface area contributed by atoms with Gasteiger partial charge in [0.1, 0.15) is 0 Å². The maximum Gasteiger partial charge on any atom is 0.441 e. The fourth-order valence-electron chi connectivity index (χ4n) is 2.49. The second-order valence-electron chi connectivity index (χ2n) is 6.05. The van der Waals surface area contributed by atoms with Crippen LogP contribution in [0.4, 0.5) is 13.2 Å². The van der Waals surface area contributed by atoms with Gasteiger partial charge in [-0.2, -0.15) is 13.2 Å². The van der Waals surface area contributed by atoms with E-state index in [-0.39, 0.29) is 23.8 Å². The van der Waals surface area contributed by atoms with Crippen LogP contribution in [-0.2, 0) is 14.2 Å². The molecular formula is C17H31F3O3S. The van der Waals surface area contributed by atoms with Crippen LogP contribution in [-0.4, -0.2) is 44.0 Å². The molecule has 0 amide bonds. The van der Waals surface area contributed by atoms with Crippen molar-refractivity contribution in [3.63, 3.8) is 0 Å². The van der Waals surface area contributed by atoms with E-state index in [4.69, 9.17) is 14.2 Å². The zero-order valence-corrected chi connectivity index (χ0v) is 15.3. The van der Waals surface area contributed by atoms with E-state index in [0.29, 0.717) is 26.1 Å². The SMILES string of the molecule is FC(F)(F)SCCCCOCCCCCCCOC1CCCCO1. The van der Waals surface area contributed by atoms with Gasteiger partial charge in [0, 0.05) is 32.2 Å². The van der Waals surface area contributed by atoms with Gasteiger partial charge >= 0.3 is 5.51 Å². The second-order valence-corrected chi connectivity index (χ2v) is 7.21. The number of thioether (sulfide) groups is 1. The summed E-state index contributed by atoms with van der Waals surface area (Å²) in [6.45, 7) is 2.87. The molecular weight excluding hydrogens is 341 g/mol. The predicted octanol–water partition coefficient (Wildman–Crippen LogP) is 5.53. The third-order valence-corrected chi connectivity index (χ3v) is 4.64. The van der Waals surface area contributed by atoms with Crippen molar-refractivity contribution in [3.8, 4) is 0 Å². The van der Waals surface area contributed by atoms with E-state index >= 15 is 0 Å². The lowest BCUT2D eigenvalue weighted by molar-refractivity contribution is -0.162. The van der Waals surface area contributed by atoms with Gasteiger partial charge in [-0.25, -0.2) is 0 Å². The number of unbranched alkanes of at least 4 members (excludes halogenated alkanes) is 5. The van der Waals surface area contributed by atoms with Crippen molar-refractivity contribution in [3.05, 3.63) is 0 Å². The Labute approximate surface area is 148 Å². The molecule has 0 aromatic heterocycles. The van der Waals surface area contributed by atoms with Crippen molar-refractivity contribution >= 4 is 11.8 Å². The summed E-state index contributed by atoms with van der Waals surface area (Å²) in [6.07, 6.45) is 10.2. The number of hydrogen-bond donors (Lipinski definition) is 0. The molecule has 0 bridgehead atoms. The van der Waals surface area contributed by atoms with E-state index < -0.39 is 5.51 Å². The molecule has 0 aliphatic carbocycles. The van der Waals surface area contributed by atoms with Crippen molar-refractivity contribution in [2.75, 3.05) is 32.2 Å². The molecule has 1 rings (SSSR count). The molecule has 0 saturated carbocycles. The van der Waals surface area contributed by atoms with Gasteiger partial charge in [0.15, 0.2) is 6.29 Å². The highest BCUT2D eigenvalue weighted by molar-refractivity contribution is 8.00. The fraction of sp³-hybridized carbons (Fsp3) is 1.00. The van der Waals surface area contributed by atoms with E-state index in [1.165, 1.54) is 12.8 Å². The Hall–Kier alpha value is 0.0200. The van der Waals surface area contributed by atoms with Crippen LogP contribution in [0.2, 0.25) is 0 Å². The van der Waals surface area contributed by atoms with Gasteiger partial charge in [0.25, 0.3) is 0 Å². The first-order chi connectivity index (χ1) is 11.6. The third kappa shape index (κ3) is 14.4. The van der Waals surface area contributed by atoms with Crippen LogP contribution in [0.25, 0.3) is 0 Å². The normalized spacial score (nSPS) is 18.9. The predicted molar refractivity (Wildman–Crippen MR) is 91.2 cm³/mol. The van der Waals surface area contributed by atoms with Crippen molar-refractivity contribution in [1.29, 1.82) is 0 Å². The van der Waals surface area contributed by atoms with E-state index in [0.717, 1.165) is 51.7 Å². The van der Waals surface area contributed by atoms with Gasteiger partial charge in [-0.3, -0.25) is 0 Å². The lowest BCUT2D eigenvalue weighted by atomic mass is 10.1. The fourth-order valence-corrected chi connectivity index (χ4v) is 3.07. The standard InChI is InChI=1S/C17H31F3O3S/c18-17(19,20)24-15-9-8-12-21-11-5-2-1-3-6-13-22-16-10-4-7-14-23-16/h16H,1-15H2. The first-order valence-electron chi connectivity index (χ1n) is 9.09. The second kappa shape index (κ2) is 14.2. The maximum absolute atomic E-state index is 11.9. The highest BCUT2D eigenvalue weighted by Gasteiger charge is 2.27. The molecule has 0 N–H and O–H groups in total. The summed E-state index contributed by atoms with van der Waals surface area (Å²) in [4.78, 5) is 0. The molecule has 1 fully saturated rings. The molecule has 1 aliphatic heterocycles. The minimum atomic E-state index is -4.10. The first kappa shape index (κ1) is 22.1. The molecule has 7 heteroatoms. The summed E-state index contributed by atoms with van der Waals surface area (Å²) in [5.74, 6) is 0.126. The van der Waals surface area contributed by atoms with Gasteiger partial charge in [0.05, 0.1) is 0 Å². The van der Waals surface area contributed by atoms with Gasteiger partial charge < -0.3 is 14.2 Å². The number of hydrogen-bond acceptors (Lipinski definition) is 4. The number of rotatable bonds is 14. The van der Waals surface area contributed by atoms with Gasteiger partial charge in [-0.15, -0.1) is 0 Å². The maximum atomic E-state index is 11.9. The molecule has 0 aromatic carbocycles. The summed E-state index contributed by atoms with van der Waals surface area (Å²) in [6, 6.07) is 0. The monoisotopic (exact) mass is 372 g/mol. The molecule has 0 aromatic rings. The largest absolute Gasteiger partial charge is 0.441 e. The van der Waals surface area contributed by atoms with Crippen LogP contribution in [0.3, 0.4) is 0 Å². The van der Waals surface area contributed by atoms with Crippen LogP contribution >= 0.6 is 11.8 Å². The first-order valence-corrected chi connectivity index (χ1v) is 10.1. The van der Waals surface area contributed by atoms with E-state index in [1.54, 1.807) is 0 Å². The van der Waals surface area contributed by atoms with Gasteiger partial charge in [-0.05, 0) is 44.9 Å². The lowest BCUT2D eigenvalue weighted by Crippen LogP contribution is -2.22. The zero-order valence-electron chi connectivity index (χ0n) is 14.5. The quantitative estimate of drug-likeness (QED) is 0.375. The van der Waals surface area contributed by atoms with Crippen molar-refractivity contribution in [2.45, 2.75) is 76.0 Å². The van der Waals surface area contributed by atoms with Crippen molar-refractivity contribution in [2.24, 2.45) is 0 Å². The minimum Gasteiger partial charge on any atom is -0.381 e. The van der Waals surface area contributed by atoms with Crippen LogP contribution in [0.5, 0.6) is 0 Å². The highest BCUT2D eigenvalue weighted by atomic mass is 32.2. The molecule has 24 heavy (non-hydrogen) atoms. The molecule has 0 spiro atoms. The average Bonchev–Trinajstić information content (AvgIpc) is 2.55. The molecule has 1 unspecified atom stereocenters. The van der Waals surface area contributed by atoms with Gasteiger partial charge in [0.2, 0.25) is 0 Å². The van der Waals surface area contributed by atoms with Crippen LogP contribution in [0.15, 0.2) is 0 Å². The molecule has 0 radical (unpaired) electrons. The molecule has 1 atom stereocenters. The molecule has 3 nitrogen and oxygen atoms in total. The smallest absolute Gasteiger partial charge is 0.381 e. The summed E-state index contributed by atoms with van der Waals surface area (Å²) in [5, 5.41) is 0. The van der Waals surface area contributed by atoms with Crippen LogP contribution in [0, 0.1) is 0 Å². The minimum absolute atomic E-state index is 0.0154. The van der Waals surface area contributed by atoms with Gasteiger partial charge in [-0.1, -0.05) is 31.0 Å². The Balaban J connectivity index is 1.70. The highest BCUT2D eigenvalue weighted by Crippen LogP contribution is 2.30. The Bertz CT molecular complexity index is 285. The average molecular weight is 372 g/mol. The van der Waals surface area contributed by atoms with Crippen molar-refractivity contribution in [1.82, 2.24) is 0 Å². The number of halogens is 3. The molecule has 1 aliphatic rings. The lowest BCUT2D eigenvalue weighted by Gasteiger charge is -2.22. The number of alkyl halides is 3. The van der Waals surface area contributed by atoms with E-state index in [2.05, 4.69) is 0 Å². The third-order valence-electron chi connectivity index (χ3n) is 3.82.